The van der Waals surface area contributed by atoms with Crippen molar-refractivity contribution >= 4 is 0 Å². The number of nitrogens with two attached hydrogens (primary N) is 2. The highest BCUT2D eigenvalue weighted by Gasteiger charge is 2.25. The van der Waals surface area contributed by atoms with Gasteiger partial charge >= 0.3 is 0 Å². The number of hydrogen-bond acceptors (Lipinski definition) is 3. The van der Waals surface area contributed by atoms with Crippen LogP contribution in [0.4, 0.5) is 0 Å². The van der Waals surface area contributed by atoms with Crippen molar-refractivity contribution in [1.82, 2.24) is 0 Å². The van der Waals surface area contributed by atoms with E-state index in [2.05, 4.69) is 6.92 Å². The van der Waals surface area contributed by atoms with Gasteiger partial charge in [-0.05, 0) is 17.5 Å². The van der Waals surface area contributed by atoms with Crippen molar-refractivity contribution in [1.29, 1.82) is 0 Å². The maximum Gasteiger partial charge on any atom is 0.114 e. The van der Waals surface area contributed by atoms with E-state index in [1.54, 1.807) is 0 Å². The van der Waals surface area contributed by atoms with Crippen LogP contribution in [-0.4, -0.2) is 18.2 Å². The lowest BCUT2D eigenvalue weighted by Gasteiger charge is -2.25. The first-order chi connectivity index (χ1) is 6.66. The maximum atomic E-state index is 10.0. The SMILES string of the molecule is CCc1ccc(C(O)(CN)CN)cc1. The monoisotopic (exact) mass is 194 g/mol. The quantitative estimate of drug-likeness (QED) is 0.647. The molecule has 0 saturated carbocycles. The van der Waals surface area contributed by atoms with Gasteiger partial charge in [-0.2, -0.15) is 0 Å². The Morgan fingerprint density at radius 1 is 1.14 bits per heavy atom. The number of rotatable bonds is 4. The Morgan fingerprint density at radius 2 is 1.64 bits per heavy atom. The highest BCUT2D eigenvalue weighted by atomic mass is 16.3. The molecule has 1 rings (SSSR count). The highest BCUT2D eigenvalue weighted by molar-refractivity contribution is 5.27. The number of hydrogen-bond donors (Lipinski definition) is 3. The van der Waals surface area contributed by atoms with Crippen LogP contribution in [0.15, 0.2) is 24.3 Å². The minimum absolute atomic E-state index is 0.148. The molecule has 3 nitrogen and oxygen atoms in total. The van der Waals surface area contributed by atoms with E-state index in [4.69, 9.17) is 11.5 Å². The molecule has 1 aromatic rings. The molecule has 0 bridgehead atoms. The zero-order chi connectivity index (χ0) is 10.6. The minimum Gasteiger partial charge on any atom is -0.383 e. The lowest BCUT2D eigenvalue weighted by Crippen LogP contribution is -2.41. The van der Waals surface area contributed by atoms with Crippen LogP contribution in [0.5, 0.6) is 0 Å². The summed E-state index contributed by atoms with van der Waals surface area (Å²) in [7, 11) is 0. The summed E-state index contributed by atoms with van der Waals surface area (Å²) in [6.45, 7) is 2.39. The van der Waals surface area contributed by atoms with Crippen molar-refractivity contribution in [2.45, 2.75) is 18.9 Å². The molecular formula is C11H18N2O. The van der Waals surface area contributed by atoms with Gasteiger partial charge < -0.3 is 16.6 Å². The third-order valence-electron chi connectivity index (χ3n) is 2.57. The number of aryl methyl sites for hydroxylation is 1. The molecule has 3 heteroatoms. The number of aliphatic hydroxyl groups is 1. The molecule has 14 heavy (non-hydrogen) atoms. The van der Waals surface area contributed by atoms with Crippen LogP contribution in [0.3, 0.4) is 0 Å². The zero-order valence-corrected chi connectivity index (χ0v) is 8.53. The summed E-state index contributed by atoms with van der Waals surface area (Å²) in [6.07, 6.45) is 0.990. The molecule has 0 aliphatic rings. The topological polar surface area (TPSA) is 72.3 Å². The molecule has 5 N–H and O–H groups in total. The van der Waals surface area contributed by atoms with Gasteiger partial charge in [0.2, 0.25) is 0 Å². The van der Waals surface area contributed by atoms with Gasteiger partial charge in [0.15, 0.2) is 0 Å². The van der Waals surface area contributed by atoms with Crippen molar-refractivity contribution in [3.8, 4) is 0 Å². The normalized spacial score (nSPS) is 11.7. The van der Waals surface area contributed by atoms with Crippen molar-refractivity contribution in [2.24, 2.45) is 11.5 Å². The Hall–Kier alpha value is -0.900. The molecule has 0 aromatic heterocycles. The summed E-state index contributed by atoms with van der Waals surface area (Å²) in [6, 6.07) is 7.76. The van der Waals surface area contributed by atoms with E-state index >= 15 is 0 Å². The van der Waals surface area contributed by atoms with E-state index in [0.717, 1.165) is 12.0 Å². The highest BCUT2D eigenvalue weighted by Crippen LogP contribution is 2.19. The van der Waals surface area contributed by atoms with Crippen LogP contribution in [0.2, 0.25) is 0 Å². The molecule has 0 atom stereocenters. The predicted molar refractivity (Wildman–Crippen MR) is 57.8 cm³/mol. The fourth-order valence-corrected chi connectivity index (χ4v) is 1.37. The lowest BCUT2D eigenvalue weighted by atomic mass is 9.93. The van der Waals surface area contributed by atoms with Gasteiger partial charge in [-0.25, -0.2) is 0 Å². The molecule has 1 aromatic carbocycles. The molecular weight excluding hydrogens is 176 g/mol. The summed E-state index contributed by atoms with van der Waals surface area (Å²) in [5.41, 5.74) is 11.9. The second kappa shape index (κ2) is 4.55. The molecule has 0 aliphatic carbocycles. The van der Waals surface area contributed by atoms with Crippen molar-refractivity contribution in [3.05, 3.63) is 35.4 Å². The van der Waals surface area contributed by atoms with E-state index in [1.165, 1.54) is 5.56 Å². The molecule has 0 fully saturated rings. The molecule has 0 amide bonds. The Bertz CT molecular complexity index is 278. The Balaban J connectivity index is 2.95. The van der Waals surface area contributed by atoms with Gasteiger partial charge in [-0.1, -0.05) is 31.2 Å². The van der Waals surface area contributed by atoms with Gasteiger partial charge in [0.25, 0.3) is 0 Å². The lowest BCUT2D eigenvalue weighted by molar-refractivity contribution is 0.0554. The number of benzene rings is 1. The van der Waals surface area contributed by atoms with Crippen molar-refractivity contribution in [3.63, 3.8) is 0 Å². The van der Waals surface area contributed by atoms with E-state index in [9.17, 15) is 5.11 Å². The van der Waals surface area contributed by atoms with Crippen LogP contribution in [0.1, 0.15) is 18.1 Å². The second-order valence-electron chi connectivity index (χ2n) is 3.49. The summed E-state index contributed by atoms with van der Waals surface area (Å²) >= 11 is 0. The van der Waals surface area contributed by atoms with E-state index in [1.807, 2.05) is 24.3 Å². The average molecular weight is 194 g/mol. The Morgan fingerprint density at radius 3 is 2.00 bits per heavy atom. The van der Waals surface area contributed by atoms with Crippen molar-refractivity contribution in [2.75, 3.05) is 13.1 Å². The van der Waals surface area contributed by atoms with Crippen LogP contribution in [0.25, 0.3) is 0 Å². The fraction of sp³-hybridized carbons (Fsp3) is 0.455. The molecule has 0 spiro atoms. The molecule has 0 saturated heterocycles. The predicted octanol–water partition coefficient (Wildman–Crippen LogP) is 0.354. The molecule has 0 unspecified atom stereocenters. The zero-order valence-electron chi connectivity index (χ0n) is 8.53. The average Bonchev–Trinajstić information content (AvgIpc) is 2.28. The van der Waals surface area contributed by atoms with Gasteiger partial charge in [-0.15, -0.1) is 0 Å². The smallest absolute Gasteiger partial charge is 0.114 e. The molecule has 0 radical (unpaired) electrons. The van der Waals surface area contributed by atoms with Crippen LogP contribution in [0, 0.1) is 0 Å². The van der Waals surface area contributed by atoms with Gasteiger partial charge in [0.1, 0.15) is 5.60 Å². The van der Waals surface area contributed by atoms with Crippen LogP contribution < -0.4 is 11.5 Å². The van der Waals surface area contributed by atoms with Crippen LogP contribution >= 0.6 is 0 Å². The largest absolute Gasteiger partial charge is 0.383 e. The minimum atomic E-state index is -1.08. The Labute approximate surface area is 84.7 Å². The summed E-state index contributed by atoms with van der Waals surface area (Å²) in [5.74, 6) is 0. The third-order valence-corrected chi connectivity index (χ3v) is 2.57. The molecule has 0 aliphatic heterocycles. The van der Waals surface area contributed by atoms with Gasteiger partial charge in [-0.3, -0.25) is 0 Å². The van der Waals surface area contributed by atoms with Crippen molar-refractivity contribution < 1.29 is 5.11 Å². The first kappa shape index (κ1) is 11.2. The molecule has 78 valence electrons. The van der Waals surface area contributed by atoms with E-state index < -0.39 is 5.60 Å². The fourth-order valence-electron chi connectivity index (χ4n) is 1.37. The maximum absolute atomic E-state index is 10.0. The van der Waals surface area contributed by atoms with Gasteiger partial charge in [0.05, 0.1) is 0 Å². The summed E-state index contributed by atoms with van der Waals surface area (Å²) < 4.78 is 0. The first-order valence-electron chi connectivity index (χ1n) is 4.88. The summed E-state index contributed by atoms with van der Waals surface area (Å²) in [5, 5.41) is 10.0. The summed E-state index contributed by atoms with van der Waals surface area (Å²) in [4.78, 5) is 0. The Kier molecular flexibility index (Phi) is 3.63. The van der Waals surface area contributed by atoms with Crippen LogP contribution in [-0.2, 0) is 12.0 Å². The van der Waals surface area contributed by atoms with Gasteiger partial charge in [0, 0.05) is 13.1 Å². The first-order valence-corrected chi connectivity index (χ1v) is 4.88. The molecule has 0 heterocycles. The third kappa shape index (κ3) is 2.12. The second-order valence-corrected chi connectivity index (χ2v) is 3.49. The van der Waals surface area contributed by atoms with E-state index in [0.29, 0.717) is 0 Å². The van der Waals surface area contributed by atoms with E-state index in [-0.39, 0.29) is 13.1 Å². The standard InChI is InChI=1S/C11H18N2O/c1-2-9-3-5-10(6-4-9)11(14,7-12)8-13/h3-6,14H,2,7-8,12-13H2,1H3.